The summed E-state index contributed by atoms with van der Waals surface area (Å²) in [7, 11) is 1.79. The lowest BCUT2D eigenvalue weighted by molar-refractivity contribution is -0.136. The van der Waals surface area contributed by atoms with Crippen molar-refractivity contribution in [3.8, 4) is 11.5 Å². The second-order valence-corrected chi connectivity index (χ2v) is 8.17. The van der Waals surface area contributed by atoms with Crippen molar-refractivity contribution in [3.05, 3.63) is 41.8 Å². The van der Waals surface area contributed by atoms with Gasteiger partial charge in [-0.05, 0) is 19.1 Å². The van der Waals surface area contributed by atoms with Crippen LogP contribution in [0.5, 0.6) is 0 Å². The van der Waals surface area contributed by atoms with Crippen LogP contribution in [0.4, 0.5) is 0 Å². The van der Waals surface area contributed by atoms with Gasteiger partial charge in [-0.3, -0.25) is 14.7 Å². The Hall–Kier alpha value is -2.18. The molecule has 1 aromatic carbocycles. The highest BCUT2D eigenvalue weighted by Crippen LogP contribution is 2.19. The fourth-order valence-corrected chi connectivity index (χ4v) is 3.94. The molecular weight excluding hydrogens is 535 g/mol. The molecule has 4 rings (SSSR count). The zero-order valence-electron chi connectivity index (χ0n) is 19.3. The van der Waals surface area contributed by atoms with Gasteiger partial charge in [-0.15, -0.1) is 24.0 Å². The first-order chi connectivity index (χ1) is 15.6. The van der Waals surface area contributed by atoms with Crippen LogP contribution >= 0.6 is 24.0 Å². The van der Waals surface area contributed by atoms with Crippen molar-refractivity contribution in [2.45, 2.75) is 13.5 Å². The number of halogens is 1. The molecule has 0 radical (unpaired) electrons. The number of aromatic nitrogens is 1. The number of aliphatic imine (C=N–C) groups is 1. The summed E-state index contributed by atoms with van der Waals surface area (Å²) in [6.45, 7) is 9.05. The van der Waals surface area contributed by atoms with Gasteiger partial charge in [0.25, 0.3) is 0 Å². The molecule has 0 unspecified atom stereocenters. The van der Waals surface area contributed by atoms with Crippen LogP contribution in [0.15, 0.2) is 39.9 Å². The van der Waals surface area contributed by atoms with E-state index in [0.29, 0.717) is 45.3 Å². The minimum Gasteiger partial charge on any atom is -0.444 e. The smallest absolute Gasteiger partial charge is 0.236 e. The second kappa shape index (κ2) is 12.3. The number of carbonyl (C=O) groups excluding carboxylic acids is 1. The first kappa shape index (κ1) is 25.4. The monoisotopic (exact) mass is 568 g/mol. The van der Waals surface area contributed by atoms with E-state index in [0.717, 1.165) is 43.4 Å². The molecule has 2 aliphatic heterocycles. The van der Waals surface area contributed by atoms with Gasteiger partial charge in [-0.1, -0.05) is 17.7 Å². The maximum atomic E-state index is 12.5. The Morgan fingerprint density at radius 2 is 1.76 bits per heavy atom. The Bertz CT molecular complexity index is 919. The lowest BCUT2D eigenvalue weighted by Crippen LogP contribution is -2.54. The number of carbonyl (C=O) groups is 1. The molecule has 2 fully saturated rings. The van der Waals surface area contributed by atoms with E-state index >= 15 is 0 Å². The van der Waals surface area contributed by atoms with E-state index in [-0.39, 0.29) is 29.9 Å². The Kier molecular flexibility index (Phi) is 9.51. The third-order valence-electron chi connectivity index (χ3n) is 5.88. The number of morpholine rings is 1. The summed E-state index contributed by atoms with van der Waals surface area (Å²) >= 11 is 0. The highest BCUT2D eigenvalue weighted by Gasteiger charge is 2.24. The molecule has 0 aliphatic carbocycles. The number of nitrogens with one attached hydrogen (secondary N) is 1. The number of aryl methyl sites for hydroxylation is 1. The number of hydrogen-bond donors (Lipinski definition) is 1. The summed E-state index contributed by atoms with van der Waals surface area (Å²) in [5.74, 6) is 1.65. The SMILES string of the molecule is CN=C(NCc1coc(-c2ccc(C)cc2)n1)N1CCN(CC(=O)N2CCOCC2)CC1.I. The Morgan fingerprint density at radius 3 is 2.42 bits per heavy atom. The van der Waals surface area contributed by atoms with Crippen LogP contribution in [-0.2, 0) is 16.1 Å². The zero-order chi connectivity index (χ0) is 22.3. The molecule has 1 aromatic heterocycles. The molecule has 2 aromatic rings. The molecule has 2 aliphatic rings. The molecule has 3 heterocycles. The molecular formula is C23H33IN6O3. The number of rotatable bonds is 5. The molecule has 10 heteroatoms. The van der Waals surface area contributed by atoms with Gasteiger partial charge in [-0.25, -0.2) is 4.98 Å². The summed E-state index contributed by atoms with van der Waals surface area (Å²) < 4.78 is 11.0. The first-order valence-electron chi connectivity index (χ1n) is 11.2. The van der Waals surface area contributed by atoms with Gasteiger partial charge in [0.05, 0.1) is 32.0 Å². The summed E-state index contributed by atoms with van der Waals surface area (Å²) in [5, 5.41) is 3.38. The van der Waals surface area contributed by atoms with Crippen molar-refractivity contribution in [3.63, 3.8) is 0 Å². The molecule has 0 saturated carbocycles. The van der Waals surface area contributed by atoms with Gasteiger partial charge in [0.15, 0.2) is 5.96 Å². The quantitative estimate of drug-likeness (QED) is 0.335. The van der Waals surface area contributed by atoms with Gasteiger partial charge in [0, 0.05) is 51.9 Å². The molecule has 0 bridgehead atoms. The average molecular weight is 568 g/mol. The van der Waals surface area contributed by atoms with Gasteiger partial charge < -0.3 is 24.3 Å². The third kappa shape index (κ3) is 6.90. The second-order valence-electron chi connectivity index (χ2n) is 8.17. The maximum absolute atomic E-state index is 12.5. The number of benzene rings is 1. The Balaban J connectivity index is 0.00000306. The summed E-state index contributed by atoms with van der Waals surface area (Å²) in [6, 6.07) is 8.13. The van der Waals surface area contributed by atoms with Crippen LogP contribution in [0.2, 0.25) is 0 Å². The topological polar surface area (TPSA) is 86.4 Å². The van der Waals surface area contributed by atoms with Crippen molar-refractivity contribution in [2.24, 2.45) is 4.99 Å². The predicted molar refractivity (Wildman–Crippen MR) is 138 cm³/mol. The van der Waals surface area contributed by atoms with Crippen molar-refractivity contribution >= 4 is 35.8 Å². The Morgan fingerprint density at radius 1 is 1.06 bits per heavy atom. The highest BCUT2D eigenvalue weighted by atomic mass is 127. The van der Waals surface area contributed by atoms with E-state index in [9.17, 15) is 4.79 Å². The minimum absolute atomic E-state index is 0. The fourth-order valence-electron chi connectivity index (χ4n) is 3.94. The number of amides is 1. The molecule has 0 spiro atoms. The van der Waals surface area contributed by atoms with Crippen molar-refractivity contribution in [2.75, 3.05) is 66.1 Å². The molecule has 180 valence electrons. The number of piperazine rings is 1. The lowest BCUT2D eigenvalue weighted by atomic mass is 10.1. The van der Waals surface area contributed by atoms with Crippen LogP contribution < -0.4 is 5.32 Å². The number of ether oxygens (including phenoxy) is 1. The van der Waals surface area contributed by atoms with E-state index in [1.165, 1.54) is 5.56 Å². The molecule has 33 heavy (non-hydrogen) atoms. The molecule has 1 amide bonds. The summed E-state index contributed by atoms with van der Waals surface area (Å²) in [4.78, 5) is 27.8. The van der Waals surface area contributed by atoms with E-state index < -0.39 is 0 Å². The Labute approximate surface area is 212 Å². The van der Waals surface area contributed by atoms with Gasteiger partial charge in [-0.2, -0.15) is 0 Å². The zero-order valence-corrected chi connectivity index (χ0v) is 21.7. The fraction of sp³-hybridized carbons (Fsp3) is 0.522. The van der Waals surface area contributed by atoms with Crippen LogP contribution in [0, 0.1) is 6.92 Å². The van der Waals surface area contributed by atoms with Crippen LogP contribution in [-0.4, -0.2) is 97.6 Å². The largest absolute Gasteiger partial charge is 0.444 e. The average Bonchev–Trinajstić information content (AvgIpc) is 3.30. The molecule has 1 N–H and O–H groups in total. The van der Waals surface area contributed by atoms with Crippen LogP contribution in [0.1, 0.15) is 11.3 Å². The van der Waals surface area contributed by atoms with Gasteiger partial charge in [0.2, 0.25) is 11.8 Å². The highest BCUT2D eigenvalue weighted by molar-refractivity contribution is 14.0. The number of hydrogen-bond acceptors (Lipinski definition) is 6. The van der Waals surface area contributed by atoms with E-state index in [2.05, 4.69) is 32.0 Å². The van der Waals surface area contributed by atoms with E-state index in [4.69, 9.17) is 9.15 Å². The third-order valence-corrected chi connectivity index (χ3v) is 5.88. The minimum atomic E-state index is 0. The molecule has 2 saturated heterocycles. The first-order valence-corrected chi connectivity index (χ1v) is 11.2. The summed E-state index contributed by atoms with van der Waals surface area (Å²) in [5.41, 5.74) is 3.00. The standard InChI is InChI=1S/C23H32N6O3.HI/c1-18-3-5-19(6-4-18)22-26-20(17-32-22)15-25-23(24-2)29-9-7-27(8-10-29)16-21(30)28-11-13-31-14-12-28;/h3-6,17H,7-16H2,1-2H3,(H,24,25);1H. The van der Waals surface area contributed by atoms with Crippen LogP contribution in [0.3, 0.4) is 0 Å². The molecule has 0 atom stereocenters. The summed E-state index contributed by atoms with van der Waals surface area (Å²) in [6.07, 6.45) is 1.69. The van der Waals surface area contributed by atoms with Crippen LogP contribution in [0.25, 0.3) is 11.5 Å². The van der Waals surface area contributed by atoms with E-state index in [1.54, 1.807) is 13.3 Å². The number of guanidine groups is 1. The van der Waals surface area contributed by atoms with Crippen molar-refractivity contribution < 1.29 is 13.9 Å². The van der Waals surface area contributed by atoms with Crippen molar-refractivity contribution in [1.29, 1.82) is 0 Å². The number of oxazole rings is 1. The molecule has 9 nitrogen and oxygen atoms in total. The van der Waals surface area contributed by atoms with Gasteiger partial charge in [0.1, 0.15) is 6.26 Å². The van der Waals surface area contributed by atoms with Crippen molar-refractivity contribution in [1.82, 2.24) is 25.0 Å². The van der Waals surface area contributed by atoms with E-state index in [1.807, 2.05) is 29.2 Å². The predicted octanol–water partition coefficient (Wildman–Crippen LogP) is 1.82. The normalized spacial score (nSPS) is 17.6. The maximum Gasteiger partial charge on any atom is 0.236 e. The van der Waals surface area contributed by atoms with Gasteiger partial charge >= 0.3 is 0 Å². The number of nitrogens with zero attached hydrogens (tertiary/aromatic N) is 5. The lowest BCUT2D eigenvalue weighted by Gasteiger charge is -2.37.